The van der Waals surface area contributed by atoms with Gasteiger partial charge in [-0.05, 0) is 31.5 Å². The Balaban J connectivity index is 1.72. The predicted molar refractivity (Wildman–Crippen MR) is 95.3 cm³/mol. The van der Waals surface area contributed by atoms with Crippen LogP contribution in [-0.4, -0.2) is 21.1 Å². The van der Waals surface area contributed by atoms with Crippen LogP contribution in [0.4, 0.5) is 0 Å². The molecule has 0 atom stereocenters. The van der Waals surface area contributed by atoms with Gasteiger partial charge in [0.05, 0.1) is 18.2 Å². The van der Waals surface area contributed by atoms with Gasteiger partial charge in [0, 0.05) is 18.2 Å². The third-order valence-electron chi connectivity index (χ3n) is 4.04. The Morgan fingerprint density at radius 3 is 2.40 bits per heavy atom. The lowest BCUT2D eigenvalue weighted by Gasteiger charge is -2.24. The molecule has 0 unspecified atom stereocenters. The summed E-state index contributed by atoms with van der Waals surface area (Å²) in [5.41, 5.74) is 2.76. The van der Waals surface area contributed by atoms with E-state index in [-0.39, 0.29) is 0 Å². The first-order valence-electron chi connectivity index (χ1n) is 8.27. The molecule has 0 amide bonds. The van der Waals surface area contributed by atoms with Crippen molar-refractivity contribution in [1.82, 2.24) is 15.0 Å². The highest BCUT2D eigenvalue weighted by atomic mass is 16.5. The van der Waals surface area contributed by atoms with E-state index in [1.54, 1.807) is 0 Å². The molecule has 3 rings (SSSR count). The molecule has 0 aliphatic heterocycles. The summed E-state index contributed by atoms with van der Waals surface area (Å²) >= 11 is 0. The molecule has 5 nitrogen and oxygen atoms in total. The average Bonchev–Trinajstić information content (AvgIpc) is 3.11. The van der Waals surface area contributed by atoms with Crippen molar-refractivity contribution in [3.63, 3.8) is 0 Å². The molecule has 3 aromatic rings. The van der Waals surface area contributed by atoms with Crippen molar-refractivity contribution in [3.8, 4) is 17.5 Å². The Bertz CT molecular complexity index is 847. The van der Waals surface area contributed by atoms with Gasteiger partial charge in [0.15, 0.2) is 0 Å². The lowest BCUT2D eigenvalue weighted by molar-refractivity contribution is 0.176. The first kappa shape index (κ1) is 16.9. The van der Waals surface area contributed by atoms with Crippen molar-refractivity contribution < 1.29 is 4.52 Å². The second-order valence-electron chi connectivity index (χ2n) is 6.19. The summed E-state index contributed by atoms with van der Waals surface area (Å²) in [4.78, 5) is 6.76. The summed E-state index contributed by atoms with van der Waals surface area (Å²) < 4.78 is 5.43. The predicted octanol–water partition coefficient (Wildman–Crippen LogP) is 4.02. The van der Waals surface area contributed by atoms with Gasteiger partial charge in [-0.1, -0.05) is 47.6 Å². The van der Waals surface area contributed by atoms with E-state index in [0.717, 1.165) is 17.7 Å². The summed E-state index contributed by atoms with van der Waals surface area (Å²) in [6.07, 6.45) is 0. The Morgan fingerprint density at radius 1 is 1.04 bits per heavy atom. The van der Waals surface area contributed by atoms with Crippen molar-refractivity contribution >= 4 is 0 Å². The fourth-order valence-corrected chi connectivity index (χ4v) is 2.54. The standard InChI is InChI=1S/C20H20N4O/c1-15(2)24(13-17-10-8-16(12-21)9-11-17)14-19-22-20(23-25-19)18-6-4-3-5-7-18/h3-11,15H,13-14H2,1-2H3. The zero-order valence-electron chi connectivity index (χ0n) is 14.4. The molecule has 0 radical (unpaired) electrons. The van der Waals surface area contributed by atoms with Crippen molar-refractivity contribution in [2.45, 2.75) is 33.0 Å². The van der Waals surface area contributed by atoms with Crippen LogP contribution < -0.4 is 0 Å². The minimum absolute atomic E-state index is 0.322. The molecule has 0 spiro atoms. The molecule has 126 valence electrons. The Kier molecular flexibility index (Phi) is 5.22. The molecule has 2 aromatic carbocycles. The quantitative estimate of drug-likeness (QED) is 0.682. The normalized spacial score (nSPS) is 11.0. The first-order chi connectivity index (χ1) is 12.2. The lowest BCUT2D eigenvalue weighted by atomic mass is 10.1. The summed E-state index contributed by atoms with van der Waals surface area (Å²) in [5, 5.41) is 13.0. The highest BCUT2D eigenvalue weighted by molar-refractivity contribution is 5.53. The fraction of sp³-hybridized carbons (Fsp3) is 0.250. The number of aromatic nitrogens is 2. The van der Waals surface area contributed by atoms with Gasteiger partial charge in [-0.3, -0.25) is 4.90 Å². The SMILES string of the molecule is CC(C)N(Cc1ccc(C#N)cc1)Cc1nc(-c2ccccc2)no1. The second-order valence-corrected chi connectivity index (χ2v) is 6.19. The molecule has 0 aliphatic carbocycles. The van der Waals surface area contributed by atoms with Crippen LogP contribution in [0, 0.1) is 11.3 Å². The van der Waals surface area contributed by atoms with Crippen LogP contribution >= 0.6 is 0 Å². The van der Waals surface area contributed by atoms with Crippen LogP contribution in [0.1, 0.15) is 30.9 Å². The van der Waals surface area contributed by atoms with Gasteiger partial charge in [-0.25, -0.2) is 0 Å². The van der Waals surface area contributed by atoms with E-state index in [2.05, 4.69) is 35.0 Å². The zero-order valence-corrected chi connectivity index (χ0v) is 14.4. The maximum atomic E-state index is 8.90. The molecular weight excluding hydrogens is 312 g/mol. The maximum absolute atomic E-state index is 8.90. The van der Waals surface area contributed by atoms with Gasteiger partial charge in [0.1, 0.15) is 0 Å². The maximum Gasteiger partial charge on any atom is 0.241 e. The molecule has 1 aromatic heterocycles. The second kappa shape index (κ2) is 7.73. The molecule has 0 aliphatic rings. The van der Waals surface area contributed by atoms with Gasteiger partial charge >= 0.3 is 0 Å². The third kappa shape index (κ3) is 4.31. The van der Waals surface area contributed by atoms with E-state index in [1.807, 2.05) is 54.6 Å². The van der Waals surface area contributed by atoms with Crippen LogP contribution in [-0.2, 0) is 13.1 Å². The Hall–Kier alpha value is -2.97. The molecule has 5 heteroatoms. The van der Waals surface area contributed by atoms with Crippen LogP contribution in [0.25, 0.3) is 11.4 Å². The summed E-state index contributed by atoms with van der Waals surface area (Å²) in [6.45, 7) is 5.61. The zero-order chi connectivity index (χ0) is 17.6. The monoisotopic (exact) mass is 332 g/mol. The Labute approximate surface area is 147 Å². The minimum Gasteiger partial charge on any atom is -0.338 e. The number of benzene rings is 2. The van der Waals surface area contributed by atoms with Gasteiger partial charge in [-0.2, -0.15) is 10.2 Å². The van der Waals surface area contributed by atoms with Crippen molar-refractivity contribution in [2.24, 2.45) is 0 Å². The number of rotatable bonds is 6. The van der Waals surface area contributed by atoms with Crippen molar-refractivity contribution in [1.29, 1.82) is 5.26 Å². The molecule has 0 bridgehead atoms. The summed E-state index contributed by atoms with van der Waals surface area (Å²) in [5.74, 6) is 1.21. The molecular formula is C20H20N4O. The summed E-state index contributed by atoms with van der Waals surface area (Å²) in [6, 6.07) is 19.9. The van der Waals surface area contributed by atoms with Crippen molar-refractivity contribution in [2.75, 3.05) is 0 Å². The highest BCUT2D eigenvalue weighted by Crippen LogP contribution is 2.17. The number of nitriles is 1. The molecule has 0 saturated carbocycles. The number of nitrogens with zero attached hydrogens (tertiary/aromatic N) is 4. The van der Waals surface area contributed by atoms with Crippen LogP contribution in [0.15, 0.2) is 59.1 Å². The number of hydrogen-bond acceptors (Lipinski definition) is 5. The molecule has 0 N–H and O–H groups in total. The number of hydrogen-bond donors (Lipinski definition) is 0. The Morgan fingerprint density at radius 2 is 1.76 bits per heavy atom. The largest absolute Gasteiger partial charge is 0.338 e. The van der Waals surface area contributed by atoms with Gasteiger partial charge in [0.25, 0.3) is 0 Å². The van der Waals surface area contributed by atoms with E-state index in [9.17, 15) is 0 Å². The highest BCUT2D eigenvalue weighted by Gasteiger charge is 2.16. The lowest BCUT2D eigenvalue weighted by Crippen LogP contribution is -2.30. The van der Waals surface area contributed by atoms with Gasteiger partial charge < -0.3 is 4.52 Å². The van der Waals surface area contributed by atoms with E-state index < -0.39 is 0 Å². The van der Waals surface area contributed by atoms with Crippen molar-refractivity contribution in [3.05, 3.63) is 71.6 Å². The van der Waals surface area contributed by atoms with E-state index in [1.165, 1.54) is 0 Å². The topological polar surface area (TPSA) is 66.0 Å². The first-order valence-corrected chi connectivity index (χ1v) is 8.27. The van der Waals surface area contributed by atoms with E-state index in [4.69, 9.17) is 9.78 Å². The third-order valence-corrected chi connectivity index (χ3v) is 4.04. The van der Waals surface area contributed by atoms with E-state index >= 15 is 0 Å². The molecule has 0 saturated heterocycles. The van der Waals surface area contributed by atoms with E-state index in [0.29, 0.717) is 29.9 Å². The minimum atomic E-state index is 0.322. The fourth-order valence-electron chi connectivity index (χ4n) is 2.54. The molecule has 0 fully saturated rings. The average molecular weight is 332 g/mol. The van der Waals surface area contributed by atoms with Gasteiger partial charge in [0.2, 0.25) is 11.7 Å². The molecule has 25 heavy (non-hydrogen) atoms. The smallest absolute Gasteiger partial charge is 0.241 e. The van der Waals surface area contributed by atoms with Gasteiger partial charge in [-0.15, -0.1) is 0 Å². The van der Waals surface area contributed by atoms with Crippen LogP contribution in [0.5, 0.6) is 0 Å². The molecule has 1 heterocycles. The summed E-state index contributed by atoms with van der Waals surface area (Å²) in [7, 11) is 0. The van der Waals surface area contributed by atoms with Crippen LogP contribution in [0.2, 0.25) is 0 Å². The van der Waals surface area contributed by atoms with Crippen LogP contribution in [0.3, 0.4) is 0 Å².